The molecule has 0 saturated heterocycles. The van der Waals surface area contributed by atoms with E-state index in [1.165, 1.54) is 0 Å². The van der Waals surface area contributed by atoms with E-state index in [1.807, 2.05) is 30.3 Å². The van der Waals surface area contributed by atoms with E-state index in [2.05, 4.69) is 9.97 Å². The van der Waals surface area contributed by atoms with Crippen molar-refractivity contribution in [2.24, 2.45) is 0 Å². The van der Waals surface area contributed by atoms with Crippen molar-refractivity contribution in [1.29, 1.82) is 0 Å². The molecule has 0 atom stereocenters. The Morgan fingerprint density at radius 2 is 1.73 bits per heavy atom. The van der Waals surface area contributed by atoms with Crippen molar-refractivity contribution in [1.82, 2.24) is 9.97 Å². The summed E-state index contributed by atoms with van der Waals surface area (Å²) < 4.78 is 0. The average Bonchev–Trinajstić information content (AvgIpc) is 2.33. The lowest BCUT2D eigenvalue weighted by Crippen LogP contribution is -1.87. The third kappa shape index (κ3) is 3.31. The van der Waals surface area contributed by atoms with E-state index in [0.29, 0.717) is 11.0 Å². The van der Waals surface area contributed by atoms with Crippen LogP contribution < -0.4 is 0 Å². The summed E-state index contributed by atoms with van der Waals surface area (Å²) in [5.74, 6) is 0.660. The Morgan fingerprint density at radius 3 is 2.33 bits per heavy atom. The lowest BCUT2D eigenvalue weighted by Gasteiger charge is -1.98. The molecule has 0 fully saturated rings. The number of aliphatic hydroxyl groups excluding tert-OH is 1. The molecule has 3 nitrogen and oxygen atoms in total. The maximum Gasteiger partial charge on any atom is 0.160 e. The van der Waals surface area contributed by atoms with Gasteiger partial charge in [0.2, 0.25) is 0 Å². The molecular weight excluding hydrogens is 212 g/mol. The average molecular weight is 223 g/mol. The number of rotatable bonds is 1. The van der Waals surface area contributed by atoms with Gasteiger partial charge in [-0.1, -0.05) is 41.9 Å². The molecule has 0 aliphatic heterocycles. The summed E-state index contributed by atoms with van der Waals surface area (Å²) in [4.78, 5) is 8.21. The smallest absolute Gasteiger partial charge is 0.160 e. The SMILES string of the molecule is CO.Clc1ccnc(-c2ccccc2)n1. The molecule has 1 N–H and O–H groups in total. The normalized spacial score (nSPS) is 9.00. The minimum absolute atomic E-state index is 0.467. The highest BCUT2D eigenvalue weighted by Crippen LogP contribution is 2.14. The largest absolute Gasteiger partial charge is 0.400 e. The maximum atomic E-state index is 7.00. The van der Waals surface area contributed by atoms with Gasteiger partial charge in [0.25, 0.3) is 0 Å². The van der Waals surface area contributed by atoms with E-state index in [0.717, 1.165) is 12.7 Å². The zero-order chi connectivity index (χ0) is 11.1. The molecule has 0 aliphatic rings. The summed E-state index contributed by atoms with van der Waals surface area (Å²) in [6.45, 7) is 0. The first-order chi connectivity index (χ1) is 7.36. The number of benzene rings is 1. The van der Waals surface area contributed by atoms with E-state index >= 15 is 0 Å². The van der Waals surface area contributed by atoms with Gasteiger partial charge in [0.1, 0.15) is 5.15 Å². The summed E-state index contributed by atoms with van der Waals surface area (Å²) in [6, 6.07) is 11.4. The fraction of sp³-hybridized carbons (Fsp3) is 0.0909. The monoisotopic (exact) mass is 222 g/mol. The first kappa shape index (κ1) is 11.6. The number of hydrogen-bond acceptors (Lipinski definition) is 3. The Balaban J connectivity index is 0.000000531. The van der Waals surface area contributed by atoms with Crippen LogP contribution in [0.4, 0.5) is 0 Å². The second-order valence-corrected chi connectivity index (χ2v) is 2.96. The van der Waals surface area contributed by atoms with Crippen molar-refractivity contribution in [2.75, 3.05) is 7.11 Å². The highest BCUT2D eigenvalue weighted by molar-refractivity contribution is 6.29. The quantitative estimate of drug-likeness (QED) is 0.754. The van der Waals surface area contributed by atoms with Gasteiger partial charge in [-0.25, -0.2) is 9.97 Å². The first-order valence-corrected chi connectivity index (χ1v) is 4.73. The molecule has 15 heavy (non-hydrogen) atoms. The minimum Gasteiger partial charge on any atom is -0.400 e. The third-order valence-corrected chi connectivity index (χ3v) is 1.86. The highest BCUT2D eigenvalue weighted by Gasteiger charge is 1.99. The zero-order valence-electron chi connectivity index (χ0n) is 8.26. The van der Waals surface area contributed by atoms with Crippen LogP contribution in [0.1, 0.15) is 0 Å². The Kier molecular flexibility index (Phi) is 4.74. The fourth-order valence-electron chi connectivity index (χ4n) is 1.06. The third-order valence-electron chi connectivity index (χ3n) is 1.65. The van der Waals surface area contributed by atoms with Crippen molar-refractivity contribution in [3.63, 3.8) is 0 Å². The van der Waals surface area contributed by atoms with Crippen LogP contribution in [-0.4, -0.2) is 22.2 Å². The van der Waals surface area contributed by atoms with Crippen LogP contribution in [0, 0.1) is 0 Å². The standard InChI is InChI=1S/C10H7ClN2.CH4O/c11-9-6-7-12-10(13-9)8-4-2-1-3-5-8;1-2/h1-7H;2H,1H3. The molecule has 78 valence electrons. The van der Waals surface area contributed by atoms with Crippen LogP contribution in [-0.2, 0) is 0 Å². The topological polar surface area (TPSA) is 46.0 Å². The van der Waals surface area contributed by atoms with E-state index in [-0.39, 0.29) is 0 Å². The number of nitrogens with zero attached hydrogens (tertiary/aromatic N) is 2. The molecule has 0 amide bonds. The van der Waals surface area contributed by atoms with E-state index in [4.69, 9.17) is 16.7 Å². The van der Waals surface area contributed by atoms with Gasteiger partial charge in [-0.2, -0.15) is 0 Å². The predicted octanol–water partition coefficient (Wildman–Crippen LogP) is 2.41. The van der Waals surface area contributed by atoms with Crippen molar-refractivity contribution < 1.29 is 5.11 Å². The Labute approximate surface area is 93.4 Å². The minimum atomic E-state index is 0.467. The second-order valence-electron chi connectivity index (χ2n) is 2.57. The number of aliphatic hydroxyl groups is 1. The Morgan fingerprint density at radius 1 is 1.07 bits per heavy atom. The first-order valence-electron chi connectivity index (χ1n) is 4.35. The summed E-state index contributed by atoms with van der Waals surface area (Å²) in [5.41, 5.74) is 0.977. The van der Waals surface area contributed by atoms with Crippen LogP contribution in [0.25, 0.3) is 11.4 Å². The van der Waals surface area contributed by atoms with Crippen molar-refractivity contribution >= 4 is 11.6 Å². The molecule has 0 aliphatic carbocycles. The van der Waals surface area contributed by atoms with Gasteiger partial charge in [0.05, 0.1) is 0 Å². The highest BCUT2D eigenvalue weighted by atomic mass is 35.5. The molecule has 1 aromatic heterocycles. The van der Waals surface area contributed by atoms with Gasteiger partial charge in [0, 0.05) is 18.9 Å². The van der Waals surface area contributed by atoms with Gasteiger partial charge >= 0.3 is 0 Å². The van der Waals surface area contributed by atoms with E-state index in [1.54, 1.807) is 12.3 Å². The van der Waals surface area contributed by atoms with Gasteiger partial charge in [-0.05, 0) is 6.07 Å². The van der Waals surface area contributed by atoms with Gasteiger partial charge < -0.3 is 5.11 Å². The maximum absolute atomic E-state index is 7.00. The molecule has 2 aromatic rings. The predicted molar refractivity (Wildman–Crippen MR) is 60.6 cm³/mol. The summed E-state index contributed by atoms with van der Waals surface area (Å²) >= 11 is 5.74. The van der Waals surface area contributed by atoms with Crippen LogP contribution in [0.5, 0.6) is 0 Å². The second kappa shape index (κ2) is 6.11. The number of aromatic nitrogens is 2. The number of hydrogen-bond donors (Lipinski definition) is 1. The van der Waals surface area contributed by atoms with Gasteiger partial charge in [-0.3, -0.25) is 0 Å². The lowest BCUT2D eigenvalue weighted by atomic mass is 10.2. The molecule has 0 saturated carbocycles. The summed E-state index contributed by atoms with van der Waals surface area (Å²) in [5, 5.41) is 7.47. The van der Waals surface area contributed by atoms with Crippen LogP contribution in [0.2, 0.25) is 5.15 Å². The van der Waals surface area contributed by atoms with E-state index in [9.17, 15) is 0 Å². The molecule has 0 unspecified atom stereocenters. The number of halogens is 1. The molecule has 4 heteroatoms. The fourth-order valence-corrected chi connectivity index (χ4v) is 1.20. The molecule has 1 aromatic carbocycles. The molecular formula is C11H11ClN2O. The van der Waals surface area contributed by atoms with Crippen LogP contribution in [0.15, 0.2) is 42.6 Å². The van der Waals surface area contributed by atoms with Crippen LogP contribution in [0.3, 0.4) is 0 Å². The van der Waals surface area contributed by atoms with Crippen molar-refractivity contribution in [3.05, 3.63) is 47.7 Å². The van der Waals surface area contributed by atoms with Crippen molar-refractivity contribution in [2.45, 2.75) is 0 Å². The van der Waals surface area contributed by atoms with Gasteiger partial charge in [0.15, 0.2) is 5.82 Å². The van der Waals surface area contributed by atoms with E-state index < -0.39 is 0 Å². The summed E-state index contributed by atoms with van der Waals surface area (Å²) in [6.07, 6.45) is 1.65. The molecule has 1 heterocycles. The molecule has 0 bridgehead atoms. The van der Waals surface area contributed by atoms with Crippen LogP contribution >= 0.6 is 11.6 Å². The molecule has 0 spiro atoms. The summed E-state index contributed by atoms with van der Waals surface area (Å²) in [7, 11) is 1.00. The molecule has 0 radical (unpaired) electrons. The van der Waals surface area contributed by atoms with Crippen molar-refractivity contribution in [3.8, 4) is 11.4 Å². The Hall–Kier alpha value is -1.45. The molecule has 2 rings (SSSR count). The lowest BCUT2D eigenvalue weighted by molar-refractivity contribution is 0.399. The Bertz CT molecular complexity index is 406. The zero-order valence-corrected chi connectivity index (χ0v) is 9.02. The van der Waals surface area contributed by atoms with Gasteiger partial charge in [-0.15, -0.1) is 0 Å².